The maximum absolute atomic E-state index is 13.9. The Kier molecular flexibility index (Phi) is 5.64. The Labute approximate surface area is 115 Å². The number of hydrogen-bond donors (Lipinski definition) is 1. The molecule has 0 radical (unpaired) electrons. The Balaban J connectivity index is 1.83. The molecular formula is C16H24FNO. The number of rotatable bonds is 7. The molecule has 1 aromatic carbocycles. The molecular weight excluding hydrogens is 241 g/mol. The van der Waals surface area contributed by atoms with Gasteiger partial charge in [-0.15, -0.1) is 0 Å². The van der Waals surface area contributed by atoms with Crippen LogP contribution in [0.15, 0.2) is 18.2 Å². The van der Waals surface area contributed by atoms with Crippen molar-refractivity contribution in [3.63, 3.8) is 0 Å². The van der Waals surface area contributed by atoms with Crippen molar-refractivity contribution in [3.8, 4) is 5.75 Å². The van der Waals surface area contributed by atoms with Crippen molar-refractivity contribution in [2.45, 2.75) is 45.6 Å². The van der Waals surface area contributed by atoms with Crippen LogP contribution in [-0.2, 0) is 6.54 Å². The van der Waals surface area contributed by atoms with Crippen LogP contribution in [0.4, 0.5) is 4.39 Å². The summed E-state index contributed by atoms with van der Waals surface area (Å²) >= 11 is 0. The van der Waals surface area contributed by atoms with Gasteiger partial charge < -0.3 is 10.1 Å². The summed E-state index contributed by atoms with van der Waals surface area (Å²) in [5.41, 5.74) is 0.971. The van der Waals surface area contributed by atoms with Gasteiger partial charge in [0.25, 0.3) is 0 Å². The van der Waals surface area contributed by atoms with E-state index in [9.17, 15) is 4.39 Å². The smallest absolute Gasteiger partial charge is 0.165 e. The van der Waals surface area contributed by atoms with E-state index in [1.807, 2.05) is 6.07 Å². The normalized spacial score (nSPS) is 15.9. The summed E-state index contributed by atoms with van der Waals surface area (Å²) in [5, 5.41) is 3.27. The molecule has 2 nitrogen and oxygen atoms in total. The molecule has 0 aliphatic heterocycles. The first-order valence-electron chi connectivity index (χ1n) is 7.41. The van der Waals surface area contributed by atoms with E-state index < -0.39 is 0 Å². The first kappa shape index (κ1) is 14.3. The number of halogens is 1. The average molecular weight is 265 g/mol. The SMILES string of the molecule is CCCNCc1ccc(OCC2CCCC2)c(F)c1. The van der Waals surface area contributed by atoms with Gasteiger partial charge in [0, 0.05) is 6.54 Å². The van der Waals surface area contributed by atoms with Crippen molar-refractivity contribution >= 4 is 0 Å². The maximum atomic E-state index is 13.9. The Hall–Kier alpha value is -1.09. The molecule has 1 aliphatic rings. The molecule has 3 heteroatoms. The van der Waals surface area contributed by atoms with E-state index >= 15 is 0 Å². The summed E-state index contributed by atoms with van der Waals surface area (Å²) in [4.78, 5) is 0. The molecule has 0 saturated heterocycles. The molecule has 19 heavy (non-hydrogen) atoms. The highest BCUT2D eigenvalue weighted by atomic mass is 19.1. The zero-order valence-electron chi connectivity index (χ0n) is 11.8. The molecule has 0 aromatic heterocycles. The van der Waals surface area contributed by atoms with E-state index in [1.165, 1.54) is 25.7 Å². The summed E-state index contributed by atoms with van der Waals surface area (Å²) in [6.45, 7) is 4.45. The van der Waals surface area contributed by atoms with E-state index in [4.69, 9.17) is 4.74 Å². The van der Waals surface area contributed by atoms with Crippen LogP contribution in [0.25, 0.3) is 0 Å². The number of nitrogens with one attached hydrogen (secondary N) is 1. The van der Waals surface area contributed by atoms with Gasteiger partial charge in [-0.2, -0.15) is 0 Å². The monoisotopic (exact) mass is 265 g/mol. The summed E-state index contributed by atoms with van der Waals surface area (Å²) in [5.74, 6) is 0.769. The van der Waals surface area contributed by atoms with E-state index in [0.717, 1.165) is 18.5 Å². The van der Waals surface area contributed by atoms with E-state index in [0.29, 0.717) is 24.8 Å². The first-order valence-corrected chi connectivity index (χ1v) is 7.41. The standard InChI is InChI=1S/C16H24FNO/c1-2-9-18-11-14-7-8-16(15(17)10-14)19-12-13-5-3-4-6-13/h7-8,10,13,18H,2-6,9,11-12H2,1H3. The quantitative estimate of drug-likeness (QED) is 0.755. The predicted octanol–water partition coefficient (Wildman–Crippen LogP) is 3.89. The van der Waals surface area contributed by atoms with Crippen molar-refractivity contribution in [2.75, 3.05) is 13.2 Å². The molecule has 1 N–H and O–H groups in total. The zero-order valence-corrected chi connectivity index (χ0v) is 11.8. The molecule has 0 bridgehead atoms. The third kappa shape index (κ3) is 4.50. The molecule has 0 spiro atoms. The van der Waals surface area contributed by atoms with Crippen LogP contribution in [0.2, 0.25) is 0 Å². The van der Waals surface area contributed by atoms with Crippen molar-refractivity contribution in [2.24, 2.45) is 5.92 Å². The molecule has 0 unspecified atom stereocenters. The fourth-order valence-corrected chi connectivity index (χ4v) is 2.57. The van der Waals surface area contributed by atoms with Gasteiger partial charge in [-0.1, -0.05) is 25.8 Å². The van der Waals surface area contributed by atoms with Crippen LogP contribution in [0.3, 0.4) is 0 Å². The molecule has 0 heterocycles. The van der Waals surface area contributed by atoms with Crippen molar-refractivity contribution in [1.82, 2.24) is 5.32 Å². The van der Waals surface area contributed by atoms with Gasteiger partial charge in [0.2, 0.25) is 0 Å². The molecule has 1 aliphatic carbocycles. The molecule has 106 valence electrons. The van der Waals surface area contributed by atoms with Crippen molar-refractivity contribution in [1.29, 1.82) is 0 Å². The van der Waals surface area contributed by atoms with Crippen molar-refractivity contribution in [3.05, 3.63) is 29.6 Å². The second kappa shape index (κ2) is 7.49. The van der Waals surface area contributed by atoms with Crippen molar-refractivity contribution < 1.29 is 9.13 Å². The van der Waals surface area contributed by atoms with Crippen LogP contribution in [0.1, 0.15) is 44.6 Å². The molecule has 0 amide bonds. The largest absolute Gasteiger partial charge is 0.490 e. The van der Waals surface area contributed by atoms with Crippen LogP contribution in [0.5, 0.6) is 5.75 Å². The predicted molar refractivity (Wildman–Crippen MR) is 75.9 cm³/mol. The molecule has 1 fully saturated rings. The lowest BCUT2D eigenvalue weighted by Crippen LogP contribution is -2.14. The van der Waals surface area contributed by atoms with Gasteiger partial charge in [-0.05, 0) is 49.4 Å². The third-order valence-electron chi connectivity index (χ3n) is 3.70. The van der Waals surface area contributed by atoms with Gasteiger partial charge in [0.15, 0.2) is 11.6 Å². The molecule has 1 saturated carbocycles. The summed E-state index contributed by atoms with van der Waals surface area (Å²) in [6.07, 6.45) is 6.11. The fraction of sp³-hybridized carbons (Fsp3) is 0.625. The Bertz CT molecular complexity index is 388. The molecule has 0 atom stereocenters. The number of ether oxygens (including phenoxy) is 1. The van der Waals surface area contributed by atoms with Crippen LogP contribution >= 0.6 is 0 Å². The molecule has 2 rings (SSSR count). The minimum Gasteiger partial charge on any atom is -0.490 e. The van der Waals surface area contributed by atoms with E-state index in [2.05, 4.69) is 12.2 Å². The summed E-state index contributed by atoms with van der Waals surface area (Å²) in [6, 6.07) is 5.27. The Morgan fingerprint density at radius 3 is 2.79 bits per heavy atom. The lowest BCUT2D eigenvalue weighted by atomic mass is 10.1. The van der Waals surface area contributed by atoms with Crippen LogP contribution in [-0.4, -0.2) is 13.2 Å². The average Bonchev–Trinajstić information content (AvgIpc) is 2.91. The second-order valence-corrected chi connectivity index (χ2v) is 5.40. The Morgan fingerprint density at radius 2 is 2.11 bits per heavy atom. The lowest BCUT2D eigenvalue weighted by Gasteiger charge is -2.12. The highest BCUT2D eigenvalue weighted by molar-refractivity contribution is 5.29. The van der Waals surface area contributed by atoms with Gasteiger partial charge in [0.05, 0.1) is 6.61 Å². The first-order chi connectivity index (χ1) is 9.29. The van der Waals surface area contributed by atoms with Crippen LogP contribution in [0, 0.1) is 11.7 Å². The molecule has 1 aromatic rings. The van der Waals surface area contributed by atoms with E-state index in [1.54, 1.807) is 12.1 Å². The highest BCUT2D eigenvalue weighted by Crippen LogP contribution is 2.26. The minimum absolute atomic E-state index is 0.242. The Morgan fingerprint density at radius 1 is 1.32 bits per heavy atom. The highest BCUT2D eigenvalue weighted by Gasteiger charge is 2.16. The zero-order chi connectivity index (χ0) is 13.5. The van der Waals surface area contributed by atoms with Gasteiger partial charge in [-0.3, -0.25) is 0 Å². The topological polar surface area (TPSA) is 21.3 Å². The van der Waals surface area contributed by atoms with Gasteiger partial charge >= 0.3 is 0 Å². The minimum atomic E-state index is -0.242. The lowest BCUT2D eigenvalue weighted by molar-refractivity contribution is 0.242. The third-order valence-corrected chi connectivity index (χ3v) is 3.70. The maximum Gasteiger partial charge on any atom is 0.165 e. The number of benzene rings is 1. The summed E-state index contributed by atoms with van der Waals surface area (Å²) < 4.78 is 19.5. The van der Waals surface area contributed by atoms with Crippen LogP contribution < -0.4 is 10.1 Å². The fourth-order valence-electron chi connectivity index (χ4n) is 2.57. The summed E-state index contributed by atoms with van der Waals surface area (Å²) in [7, 11) is 0. The second-order valence-electron chi connectivity index (χ2n) is 5.40. The number of hydrogen-bond acceptors (Lipinski definition) is 2. The van der Waals surface area contributed by atoms with Gasteiger partial charge in [-0.25, -0.2) is 4.39 Å². The van der Waals surface area contributed by atoms with E-state index in [-0.39, 0.29) is 5.82 Å². The van der Waals surface area contributed by atoms with Gasteiger partial charge in [0.1, 0.15) is 0 Å².